The minimum absolute atomic E-state index is 0.0852. The second-order valence-corrected chi connectivity index (χ2v) is 7.50. The van der Waals surface area contributed by atoms with Gasteiger partial charge in [0.25, 0.3) is 0 Å². The first kappa shape index (κ1) is 19.9. The number of rotatable bonds is 7. The van der Waals surface area contributed by atoms with E-state index in [-0.39, 0.29) is 23.9 Å². The zero-order chi connectivity index (χ0) is 17.6. The van der Waals surface area contributed by atoms with Gasteiger partial charge in [0, 0.05) is 6.04 Å². The van der Waals surface area contributed by atoms with E-state index in [2.05, 4.69) is 5.32 Å². The molecule has 0 aliphatic heterocycles. The Morgan fingerprint density at radius 1 is 1.04 bits per heavy atom. The maximum Gasteiger partial charge on any atom is 0.323 e. The monoisotopic (exact) mass is 327 g/mol. The summed E-state index contributed by atoms with van der Waals surface area (Å²) in [5.41, 5.74) is -0.697. The molecule has 1 aliphatic carbocycles. The molecule has 134 valence electrons. The number of methoxy groups -OCH3 is 2. The van der Waals surface area contributed by atoms with E-state index in [1.807, 2.05) is 27.7 Å². The summed E-state index contributed by atoms with van der Waals surface area (Å²) in [4.78, 5) is 24.5. The molecule has 0 unspecified atom stereocenters. The zero-order valence-electron chi connectivity index (χ0n) is 15.5. The molecule has 1 aliphatic rings. The normalized spacial score (nSPS) is 19.3. The third kappa shape index (κ3) is 4.93. The summed E-state index contributed by atoms with van der Waals surface area (Å²) < 4.78 is 9.96. The fourth-order valence-electron chi connectivity index (χ4n) is 3.64. The molecule has 0 bridgehead atoms. The number of hydrogen-bond donors (Lipinski definition) is 1. The van der Waals surface area contributed by atoms with Crippen LogP contribution in [0.15, 0.2) is 0 Å². The molecular weight excluding hydrogens is 294 g/mol. The molecule has 0 heterocycles. The van der Waals surface area contributed by atoms with Crippen molar-refractivity contribution < 1.29 is 19.1 Å². The molecule has 5 heteroatoms. The third-order valence-corrected chi connectivity index (χ3v) is 5.09. The summed E-state index contributed by atoms with van der Waals surface area (Å²) in [6, 6.07) is -0.530. The fourth-order valence-corrected chi connectivity index (χ4v) is 3.64. The van der Waals surface area contributed by atoms with Crippen LogP contribution < -0.4 is 5.32 Å². The minimum atomic E-state index is -0.697. The zero-order valence-corrected chi connectivity index (χ0v) is 15.5. The van der Waals surface area contributed by atoms with Gasteiger partial charge in [0.2, 0.25) is 0 Å². The Labute approximate surface area is 140 Å². The van der Waals surface area contributed by atoms with Crippen LogP contribution in [-0.4, -0.2) is 38.2 Å². The Kier molecular flexibility index (Phi) is 7.52. The van der Waals surface area contributed by atoms with Crippen molar-refractivity contribution in [2.45, 2.75) is 71.9 Å². The average molecular weight is 327 g/mol. The Morgan fingerprint density at radius 2 is 1.61 bits per heavy atom. The molecule has 5 nitrogen and oxygen atoms in total. The van der Waals surface area contributed by atoms with Crippen molar-refractivity contribution in [3.05, 3.63) is 0 Å². The average Bonchev–Trinajstić information content (AvgIpc) is 2.54. The standard InChI is InChI=1S/C18H33NO4/c1-12(2)14(16(20)22-5)19-15(13-10-8-7-9-11-13)18(3,4)17(21)23-6/h12-15,19H,7-11H2,1-6H3/t14-,15-/m0/s1. The van der Waals surface area contributed by atoms with Crippen molar-refractivity contribution in [1.82, 2.24) is 5.32 Å². The van der Waals surface area contributed by atoms with Crippen LogP contribution in [-0.2, 0) is 19.1 Å². The molecule has 0 aromatic rings. The predicted molar refractivity (Wildman–Crippen MR) is 89.9 cm³/mol. The van der Waals surface area contributed by atoms with Gasteiger partial charge in [-0.1, -0.05) is 33.1 Å². The van der Waals surface area contributed by atoms with Crippen LogP contribution in [0.4, 0.5) is 0 Å². The molecule has 0 aromatic heterocycles. The number of esters is 2. The summed E-state index contributed by atoms with van der Waals surface area (Å²) in [6.07, 6.45) is 5.73. The molecule has 0 aromatic carbocycles. The van der Waals surface area contributed by atoms with Gasteiger partial charge in [0.1, 0.15) is 6.04 Å². The summed E-state index contributed by atoms with van der Waals surface area (Å²) in [5.74, 6) is -0.0693. The van der Waals surface area contributed by atoms with Gasteiger partial charge in [-0.15, -0.1) is 0 Å². The van der Waals surface area contributed by atoms with E-state index in [9.17, 15) is 9.59 Å². The topological polar surface area (TPSA) is 64.6 Å². The second kappa shape index (κ2) is 8.67. The highest BCUT2D eigenvalue weighted by Crippen LogP contribution is 2.36. The van der Waals surface area contributed by atoms with Gasteiger partial charge in [0.05, 0.1) is 19.6 Å². The van der Waals surface area contributed by atoms with Crippen molar-refractivity contribution in [3.8, 4) is 0 Å². The molecule has 0 radical (unpaired) electrons. The van der Waals surface area contributed by atoms with Gasteiger partial charge in [0.15, 0.2) is 0 Å². The van der Waals surface area contributed by atoms with Crippen LogP contribution in [0.2, 0.25) is 0 Å². The summed E-state index contributed by atoms with van der Waals surface area (Å²) in [5, 5.41) is 3.45. The Hall–Kier alpha value is -1.10. The Balaban J connectivity index is 3.07. The van der Waals surface area contributed by atoms with E-state index in [1.165, 1.54) is 33.5 Å². The largest absolute Gasteiger partial charge is 0.469 e. The van der Waals surface area contributed by atoms with Crippen molar-refractivity contribution in [2.75, 3.05) is 14.2 Å². The molecule has 0 saturated heterocycles. The van der Waals surface area contributed by atoms with E-state index < -0.39 is 11.5 Å². The molecule has 0 amide bonds. The van der Waals surface area contributed by atoms with Crippen LogP contribution in [0.1, 0.15) is 59.8 Å². The highest BCUT2D eigenvalue weighted by atomic mass is 16.5. The second-order valence-electron chi connectivity index (χ2n) is 7.50. The van der Waals surface area contributed by atoms with Gasteiger partial charge in [-0.25, -0.2) is 0 Å². The van der Waals surface area contributed by atoms with Crippen molar-refractivity contribution in [1.29, 1.82) is 0 Å². The first-order chi connectivity index (χ1) is 10.8. The molecule has 1 N–H and O–H groups in total. The van der Waals surface area contributed by atoms with E-state index >= 15 is 0 Å². The van der Waals surface area contributed by atoms with Crippen LogP contribution in [0.3, 0.4) is 0 Å². The summed E-state index contributed by atoms with van der Waals surface area (Å²) in [7, 11) is 2.82. The predicted octanol–water partition coefficient (Wildman–Crippen LogP) is 2.92. The van der Waals surface area contributed by atoms with Gasteiger partial charge in [-0.3, -0.25) is 14.9 Å². The van der Waals surface area contributed by atoms with E-state index in [4.69, 9.17) is 9.47 Å². The SMILES string of the molecule is COC(=O)[C@@H](N[C@@H](C1CCCCC1)C(C)(C)C(=O)OC)C(C)C. The van der Waals surface area contributed by atoms with Crippen molar-refractivity contribution in [2.24, 2.45) is 17.3 Å². The highest BCUT2D eigenvalue weighted by molar-refractivity contribution is 5.78. The highest BCUT2D eigenvalue weighted by Gasteiger charge is 2.44. The van der Waals surface area contributed by atoms with Gasteiger partial charge in [-0.2, -0.15) is 0 Å². The summed E-state index contributed by atoms with van der Waals surface area (Å²) in [6.45, 7) is 7.77. The van der Waals surface area contributed by atoms with Crippen molar-refractivity contribution >= 4 is 11.9 Å². The van der Waals surface area contributed by atoms with Crippen molar-refractivity contribution in [3.63, 3.8) is 0 Å². The van der Waals surface area contributed by atoms with E-state index in [0.717, 1.165) is 12.8 Å². The first-order valence-electron chi connectivity index (χ1n) is 8.68. The smallest absolute Gasteiger partial charge is 0.323 e. The molecule has 1 rings (SSSR count). The van der Waals surface area contributed by atoms with Gasteiger partial charge in [-0.05, 0) is 38.5 Å². The lowest BCUT2D eigenvalue weighted by Crippen LogP contribution is -2.58. The summed E-state index contributed by atoms with van der Waals surface area (Å²) >= 11 is 0. The number of hydrogen-bond acceptors (Lipinski definition) is 5. The molecular formula is C18H33NO4. The number of nitrogens with one attached hydrogen (secondary N) is 1. The number of carbonyl (C=O) groups is 2. The Morgan fingerprint density at radius 3 is 2.04 bits per heavy atom. The van der Waals surface area contributed by atoms with E-state index in [0.29, 0.717) is 5.92 Å². The minimum Gasteiger partial charge on any atom is -0.469 e. The van der Waals surface area contributed by atoms with Crippen LogP contribution in [0, 0.1) is 17.3 Å². The quantitative estimate of drug-likeness (QED) is 0.728. The molecule has 0 spiro atoms. The van der Waals surface area contributed by atoms with Crippen LogP contribution in [0.25, 0.3) is 0 Å². The van der Waals surface area contributed by atoms with Gasteiger partial charge >= 0.3 is 11.9 Å². The lowest BCUT2D eigenvalue weighted by Gasteiger charge is -2.42. The molecule has 1 fully saturated rings. The Bertz CT molecular complexity index is 400. The molecule has 2 atom stereocenters. The lowest BCUT2D eigenvalue weighted by molar-refractivity contribution is -0.155. The van der Waals surface area contributed by atoms with E-state index in [1.54, 1.807) is 0 Å². The lowest BCUT2D eigenvalue weighted by atomic mass is 9.71. The number of carbonyl (C=O) groups excluding carboxylic acids is 2. The molecule has 23 heavy (non-hydrogen) atoms. The fraction of sp³-hybridized carbons (Fsp3) is 0.889. The molecule has 1 saturated carbocycles. The number of ether oxygens (including phenoxy) is 2. The van der Waals surface area contributed by atoms with Crippen LogP contribution >= 0.6 is 0 Å². The maximum atomic E-state index is 12.3. The van der Waals surface area contributed by atoms with Gasteiger partial charge < -0.3 is 9.47 Å². The first-order valence-corrected chi connectivity index (χ1v) is 8.68. The maximum absolute atomic E-state index is 12.3. The third-order valence-electron chi connectivity index (χ3n) is 5.09. The van der Waals surface area contributed by atoms with Crippen LogP contribution in [0.5, 0.6) is 0 Å².